The van der Waals surface area contributed by atoms with Crippen LogP contribution in [-0.2, 0) is 11.2 Å². The summed E-state index contributed by atoms with van der Waals surface area (Å²) < 4.78 is 11.5. The van der Waals surface area contributed by atoms with Crippen molar-refractivity contribution < 1.29 is 19.4 Å². The molecular formula is C18H19BrN2O4. The lowest BCUT2D eigenvalue weighted by molar-refractivity contribution is -0.123. The predicted molar refractivity (Wildman–Crippen MR) is 99.4 cm³/mol. The molecule has 0 heterocycles. The number of ether oxygens (including phenoxy) is 2. The molecule has 2 rings (SSSR count). The fraction of sp³-hybridized carbons (Fsp3) is 0.222. The smallest absolute Gasteiger partial charge is 0.277 e. The van der Waals surface area contributed by atoms with E-state index in [4.69, 9.17) is 9.47 Å². The Hall–Kier alpha value is -2.54. The van der Waals surface area contributed by atoms with E-state index in [0.717, 1.165) is 16.5 Å². The molecule has 7 heteroatoms. The molecule has 1 amide bonds. The minimum atomic E-state index is -0.369. The van der Waals surface area contributed by atoms with E-state index in [0.29, 0.717) is 17.1 Å². The number of amides is 1. The number of aryl methyl sites for hydroxylation is 1. The second kappa shape index (κ2) is 9.08. The lowest BCUT2D eigenvalue weighted by atomic mass is 10.1. The Bertz CT molecular complexity index is 778. The van der Waals surface area contributed by atoms with Crippen molar-refractivity contribution in [3.05, 3.63) is 52.0 Å². The maximum Gasteiger partial charge on any atom is 0.277 e. The molecule has 0 saturated heterocycles. The molecule has 0 aliphatic carbocycles. The topological polar surface area (TPSA) is 80.2 Å². The number of phenolic OH excluding ortho intramolecular Hbond substituents is 1. The maximum atomic E-state index is 11.8. The average molecular weight is 407 g/mol. The fourth-order valence-corrected chi connectivity index (χ4v) is 2.50. The number of phenols is 1. The molecule has 132 valence electrons. The Labute approximate surface area is 154 Å². The van der Waals surface area contributed by atoms with Crippen LogP contribution in [0.5, 0.6) is 17.2 Å². The van der Waals surface area contributed by atoms with Gasteiger partial charge < -0.3 is 14.6 Å². The molecule has 2 aromatic carbocycles. The number of rotatable bonds is 7. The molecule has 2 N–H and O–H groups in total. The highest BCUT2D eigenvalue weighted by Gasteiger charge is 2.06. The van der Waals surface area contributed by atoms with Gasteiger partial charge in [-0.05, 0) is 53.9 Å². The molecule has 0 saturated carbocycles. The first kappa shape index (κ1) is 18.8. The van der Waals surface area contributed by atoms with Crippen molar-refractivity contribution in [2.75, 3.05) is 13.7 Å². The van der Waals surface area contributed by atoms with Crippen LogP contribution in [0.15, 0.2) is 46.0 Å². The van der Waals surface area contributed by atoms with E-state index in [9.17, 15) is 9.90 Å². The highest BCUT2D eigenvalue weighted by molar-refractivity contribution is 9.10. The molecule has 0 spiro atoms. The van der Waals surface area contributed by atoms with Crippen LogP contribution in [0.2, 0.25) is 0 Å². The largest absolute Gasteiger partial charge is 0.504 e. The zero-order valence-corrected chi connectivity index (χ0v) is 15.5. The first-order chi connectivity index (χ1) is 12.0. The standard InChI is InChI=1S/C18H19BrN2O4/c1-3-13-9-14(19)5-7-16(13)25-11-18(23)21-20-10-12-4-6-15(22)17(8-12)24-2/h4-10,22H,3,11H2,1-2H3,(H,21,23)/b20-10+. The van der Waals surface area contributed by atoms with Gasteiger partial charge in [-0.25, -0.2) is 5.43 Å². The number of aromatic hydroxyl groups is 1. The summed E-state index contributed by atoms with van der Waals surface area (Å²) in [5.74, 6) is 0.680. The molecule has 0 aromatic heterocycles. The maximum absolute atomic E-state index is 11.8. The van der Waals surface area contributed by atoms with E-state index in [2.05, 4.69) is 26.5 Å². The van der Waals surface area contributed by atoms with Crippen LogP contribution >= 0.6 is 15.9 Å². The Balaban J connectivity index is 1.88. The fourth-order valence-electron chi connectivity index (χ4n) is 2.09. The van der Waals surface area contributed by atoms with Gasteiger partial charge in [0.1, 0.15) is 5.75 Å². The van der Waals surface area contributed by atoms with Crippen LogP contribution in [0.25, 0.3) is 0 Å². The zero-order valence-electron chi connectivity index (χ0n) is 14.0. The molecule has 0 aliphatic heterocycles. The van der Waals surface area contributed by atoms with E-state index < -0.39 is 0 Å². The van der Waals surface area contributed by atoms with Gasteiger partial charge in [-0.1, -0.05) is 22.9 Å². The van der Waals surface area contributed by atoms with Gasteiger partial charge in [0, 0.05) is 4.47 Å². The van der Waals surface area contributed by atoms with Crippen molar-refractivity contribution in [1.82, 2.24) is 5.43 Å². The van der Waals surface area contributed by atoms with Gasteiger partial charge in [0.2, 0.25) is 0 Å². The van der Waals surface area contributed by atoms with Gasteiger partial charge in [0.15, 0.2) is 18.1 Å². The lowest BCUT2D eigenvalue weighted by Crippen LogP contribution is -2.24. The molecule has 0 aliphatic rings. The molecule has 0 fully saturated rings. The number of hydrogen-bond acceptors (Lipinski definition) is 5. The number of hydrazone groups is 1. The number of carbonyl (C=O) groups excluding carboxylic acids is 1. The third-order valence-corrected chi connectivity index (χ3v) is 3.86. The molecule has 0 unspecified atom stereocenters. The number of hydrogen-bond donors (Lipinski definition) is 2. The average Bonchev–Trinajstić information content (AvgIpc) is 2.61. The van der Waals surface area contributed by atoms with Gasteiger partial charge in [0.25, 0.3) is 5.91 Å². The molecule has 0 atom stereocenters. The third kappa shape index (κ3) is 5.49. The van der Waals surface area contributed by atoms with Gasteiger partial charge in [0.05, 0.1) is 13.3 Å². The molecule has 25 heavy (non-hydrogen) atoms. The SMILES string of the molecule is CCc1cc(Br)ccc1OCC(=O)N/N=C/c1ccc(O)c(OC)c1. The van der Waals surface area contributed by atoms with Crippen LogP contribution in [-0.4, -0.2) is 30.9 Å². The van der Waals surface area contributed by atoms with Gasteiger partial charge in [-0.2, -0.15) is 5.10 Å². The first-order valence-corrected chi connectivity index (χ1v) is 8.43. The van der Waals surface area contributed by atoms with Crippen LogP contribution in [0, 0.1) is 0 Å². The summed E-state index contributed by atoms with van der Waals surface area (Å²) in [6, 6.07) is 10.4. The number of methoxy groups -OCH3 is 1. The van der Waals surface area contributed by atoms with Gasteiger partial charge in [-0.15, -0.1) is 0 Å². The second-order valence-corrected chi connectivity index (χ2v) is 6.03. The van der Waals surface area contributed by atoms with Crippen molar-refractivity contribution >= 4 is 28.1 Å². The first-order valence-electron chi connectivity index (χ1n) is 7.63. The van der Waals surface area contributed by atoms with E-state index in [1.807, 2.05) is 25.1 Å². The number of benzene rings is 2. The normalized spacial score (nSPS) is 10.7. The van der Waals surface area contributed by atoms with E-state index in [1.165, 1.54) is 19.4 Å². The third-order valence-electron chi connectivity index (χ3n) is 3.37. The Morgan fingerprint density at radius 3 is 2.80 bits per heavy atom. The van der Waals surface area contributed by atoms with Crippen LogP contribution < -0.4 is 14.9 Å². The monoisotopic (exact) mass is 406 g/mol. The number of carbonyl (C=O) groups is 1. The van der Waals surface area contributed by atoms with Crippen molar-refractivity contribution in [3.63, 3.8) is 0 Å². The van der Waals surface area contributed by atoms with Crippen molar-refractivity contribution in [3.8, 4) is 17.2 Å². The minimum absolute atomic E-state index is 0.0401. The molecule has 0 radical (unpaired) electrons. The van der Waals surface area contributed by atoms with E-state index in [1.54, 1.807) is 12.1 Å². The summed E-state index contributed by atoms with van der Waals surface area (Å²) in [5.41, 5.74) is 4.09. The molecular weight excluding hydrogens is 388 g/mol. The van der Waals surface area contributed by atoms with Crippen molar-refractivity contribution in [2.45, 2.75) is 13.3 Å². The van der Waals surface area contributed by atoms with Gasteiger partial charge >= 0.3 is 0 Å². The second-order valence-electron chi connectivity index (χ2n) is 5.12. The number of nitrogens with zero attached hydrogens (tertiary/aromatic N) is 1. The summed E-state index contributed by atoms with van der Waals surface area (Å²) in [5, 5.41) is 13.4. The van der Waals surface area contributed by atoms with Crippen LogP contribution in [0.1, 0.15) is 18.1 Å². The molecule has 6 nitrogen and oxygen atoms in total. The van der Waals surface area contributed by atoms with Gasteiger partial charge in [-0.3, -0.25) is 4.79 Å². The van der Waals surface area contributed by atoms with Crippen molar-refractivity contribution in [1.29, 1.82) is 0 Å². The summed E-state index contributed by atoms with van der Waals surface area (Å²) in [7, 11) is 1.46. The Kier molecular flexibility index (Phi) is 6.82. The highest BCUT2D eigenvalue weighted by Crippen LogP contribution is 2.25. The quantitative estimate of drug-likeness (QED) is 0.546. The van der Waals surface area contributed by atoms with Crippen LogP contribution in [0.3, 0.4) is 0 Å². The molecule has 0 bridgehead atoms. The predicted octanol–water partition coefficient (Wildman–Crippen LogP) is 3.25. The van der Waals surface area contributed by atoms with E-state index in [-0.39, 0.29) is 18.3 Å². The molecule has 2 aromatic rings. The summed E-state index contributed by atoms with van der Waals surface area (Å²) in [6.07, 6.45) is 2.26. The Morgan fingerprint density at radius 2 is 2.08 bits per heavy atom. The van der Waals surface area contributed by atoms with E-state index >= 15 is 0 Å². The highest BCUT2D eigenvalue weighted by atomic mass is 79.9. The summed E-state index contributed by atoms with van der Waals surface area (Å²) >= 11 is 3.41. The van der Waals surface area contributed by atoms with Crippen LogP contribution in [0.4, 0.5) is 0 Å². The summed E-state index contributed by atoms with van der Waals surface area (Å²) in [6.45, 7) is 1.88. The Morgan fingerprint density at radius 1 is 1.28 bits per heavy atom. The minimum Gasteiger partial charge on any atom is -0.504 e. The van der Waals surface area contributed by atoms with Crippen molar-refractivity contribution in [2.24, 2.45) is 5.10 Å². The number of halogens is 1. The zero-order chi connectivity index (χ0) is 18.2. The lowest BCUT2D eigenvalue weighted by Gasteiger charge is -2.10. The number of nitrogens with one attached hydrogen (secondary N) is 1. The summed E-state index contributed by atoms with van der Waals surface area (Å²) in [4.78, 5) is 11.8.